The van der Waals surface area contributed by atoms with E-state index in [0.717, 1.165) is 11.3 Å². The molecule has 1 saturated heterocycles. The number of rotatable bonds is 6. The molecule has 0 saturated carbocycles. The van der Waals surface area contributed by atoms with Crippen LogP contribution in [0.15, 0.2) is 17.5 Å². The lowest BCUT2D eigenvalue weighted by Crippen LogP contribution is -2.35. The van der Waals surface area contributed by atoms with Crippen LogP contribution in [0.3, 0.4) is 0 Å². The van der Waals surface area contributed by atoms with Crippen molar-refractivity contribution in [1.82, 2.24) is 10.2 Å². The first-order valence-corrected chi connectivity index (χ1v) is 9.99. The van der Waals surface area contributed by atoms with Crippen LogP contribution in [-0.2, 0) is 14.6 Å². The van der Waals surface area contributed by atoms with Crippen molar-refractivity contribution in [2.45, 2.75) is 32.5 Å². The molecule has 1 aromatic rings. The maximum atomic E-state index is 12.5. The molecule has 0 bridgehead atoms. The molecule has 7 heteroatoms. The van der Waals surface area contributed by atoms with Crippen LogP contribution in [-0.4, -0.2) is 43.8 Å². The number of hydrogen-bond donors (Lipinski definition) is 1. The van der Waals surface area contributed by atoms with Crippen LogP contribution in [0.5, 0.6) is 0 Å². The Hall–Kier alpha value is -0.920. The van der Waals surface area contributed by atoms with Crippen molar-refractivity contribution in [3.63, 3.8) is 0 Å². The van der Waals surface area contributed by atoms with Crippen LogP contribution in [0.2, 0.25) is 0 Å². The van der Waals surface area contributed by atoms with Crippen molar-refractivity contribution in [3.05, 3.63) is 22.4 Å². The van der Waals surface area contributed by atoms with E-state index in [2.05, 4.69) is 19.2 Å². The molecule has 0 aromatic carbocycles. The molecule has 1 N–H and O–H groups in total. The first-order valence-electron chi connectivity index (χ1n) is 7.05. The summed E-state index contributed by atoms with van der Waals surface area (Å²) < 4.78 is 22.8. The van der Waals surface area contributed by atoms with Gasteiger partial charge in [-0.25, -0.2) is 8.42 Å². The fourth-order valence-corrected chi connectivity index (χ4v) is 3.83. The lowest BCUT2D eigenvalue weighted by molar-refractivity contribution is -0.130. The van der Waals surface area contributed by atoms with Gasteiger partial charge < -0.3 is 4.90 Å². The topological polar surface area (TPSA) is 66.5 Å². The van der Waals surface area contributed by atoms with Gasteiger partial charge >= 0.3 is 0 Å². The highest BCUT2D eigenvalue weighted by Gasteiger charge is 2.40. The zero-order chi connectivity index (χ0) is 15.6. The average molecular weight is 330 g/mol. The minimum atomic E-state index is -3.09. The zero-order valence-corrected chi connectivity index (χ0v) is 14.2. The maximum absolute atomic E-state index is 12.5. The van der Waals surface area contributed by atoms with Crippen molar-refractivity contribution in [1.29, 1.82) is 0 Å². The van der Waals surface area contributed by atoms with Gasteiger partial charge in [0.2, 0.25) is 5.91 Å². The molecule has 2 heterocycles. The molecule has 1 amide bonds. The summed E-state index contributed by atoms with van der Waals surface area (Å²) in [5, 5.41) is 5.32. The second kappa shape index (κ2) is 6.46. The number of nitrogens with zero attached hydrogens (tertiary/aromatic N) is 1. The van der Waals surface area contributed by atoms with Gasteiger partial charge in [-0.1, -0.05) is 19.9 Å². The number of nitrogens with one attached hydrogen (secondary N) is 1. The van der Waals surface area contributed by atoms with Gasteiger partial charge in [0.15, 0.2) is 0 Å². The highest BCUT2D eigenvalue weighted by atomic mass is 32.2. The van der Waals surface area contributed by atoms with Crippen LogP contribution in [0.25, 0.3) is 0 Å². The van der Waals surface area contributed by atoms with Gasteiger partial charge in [0.25, 0.3) is 0 Å². The van der Waals surface area contributed by atoms with E-state index in [0.29, 0.717) is 5.92 Å². The fourth-order valence-electron chi connectivity index (χ4n) is 2.51. The van der Waals surface area contributed by atoms with E-state index in [4.69, 9.17) is 0 Å². The summed E-state index contributed by atoms with van der Waals surface area (Å²) in [6.07, 6.45) is 1.76. The quantitative estimate of drug-likeness (QED) is 0.861. The largest absolute Gasteiger partial charge is 0.320 e. The molecule has 2 atom stereocenters. The molecule has 1 aromatic heterocycles. The molecule has 1 aliphatic heterocycles. The molecule has 0 spiro atoms. The third-order valence-electron chi connectivity index (χ3n) is 3.47. The number of thiophene rings is 1. The van der Waals surface area contributed by atoms with Gasteiger partial charge in [-0.2, -0.15) is 0 Å². The molecule has 118 valence electrons. The maximum Gasteiger partial charge on any atom is 0.241 e. The number of carbonyl (C=O) groups is 1. The van der Waals surface area contributed by atoms with E-state index in [1.165, 1.54) is 6.26 Å². The van der Waals surface area contributed by atoms with Crippen LogP contribution >= 0.6 is 11.3 Å². The Morgan fingerprint density at radius 2 is 2.14 bits per heavy atom. The summed E-state index contributed by atoms with van der Waals surface area (Å²) in [5.41, 5.74) is 0. The second-order valence-corrected chi connectivity index (χ2v) is 9.17. The molecular formula is C14H22N2O3S2. The zero-order valence-electron chi connectivity index (χ0n) is 12.6. The third kappa shape index (κ3) is 4.28. The van der Waals surface area contributed by atoms with E-state index in [1.54, 1.807) is 16.2 Å². The SMILES string of the molecule is CC(C)CC1NC(c2cccs2)N(CCS(C)(=O)=O)C1=O. The Labute approximate surface area is 130 Å². The minimum absolute atomic E-state index is 0.00328. The Morgan fingerprint density at radius 3 is 2.67 bits per heavy atom. The average Bonchev–Trinajstić information content (AvgIpc) is 2.95. The van der Waals surface area contributed by atoms with Gasteiger partial charge in [0.1, 0.15) is 16.0 Å². The van der Waals surface area contributed by atoms with Gasteiger partial charge in [-0.15, -0.1) is 11.3 Å². The van der Waals surface area contributed by atoms with Gasteiger partial charge in [0.05, 0.1) is 11.8 Å². The van der Waals surface area contributed by atoms with Crippen LogP contribution in [0.4, 0.5) is 0 Å². The van der Waals surface area contributed by atoms with Crippen molar-refractivity contribution in [3.8, 4) is 0 Å². The monoisotopic (exact) mass is 330 g/mol. The Bertz CT molecular complexity index is 581. The molecule has 0 radical (unpaired) electrons. The van der Waals surface area contributed by atoms with E-state index in [9.17, 15) is 13.2 Å². The Kier molecular flexibility index (Phi) is 5.06. The molecule has 1 aliphatic rings. The molecule has 2 unspecified atom stereocenters. The van der Waals surface area contributed by atoms with E-state index in [1.807, 2.05) is 17.5 Å². The minimum Gasteiger partial charge on any atom is -0.320 e. The second-order valence-electron chi connectivity index (χ2n) is 5.93. The third-order valence-corrected chi connectivity index (χ3v) is 5.32. The highest BCUT2D eigenvalue weighted by Crippen LogP contribution is 2.30. The van der Waals surface area contributed by atoms with Gasteiger partial charge in [0, 0.05) is 17.7 Å². The molecule has 1 fully saturated rings. The van der Waals surface area contributed by atoms with E-state index >= 15 is 0 Å². The summed E-state index contributed by atoms with van der Waals surface area (Å²) >= 11 is 1.57. The van der Waals surface area contributed by atoms with Crippen molar-refractivity contribution < 1.29 is 13.2 Å². The summed E-state index contributed by atoms with van der Waals surface area (Å²) in [6.45, 7) is 4.39. The number of hydrogen-bond acceptors (Lipinski definition) is 5. The standard InChI is InChI=1S/C14H22N2O3S2/c1-10(2)9-11-14(17)16(6-8-21(3,18)19)13(15-11)12-5-4-7-20-12/h4-5,7,10-11,13,15H,6,8-9H2,1-3H3. The molecule has 0 aliphatic carbocycles. The predicted octanol–water partition coefficient (Wildman–Crippen LogP) is 1.64. The van der Waals surface area contributed by atoms with Crippen molar-refractivity contribution in [2.75, 3.05) is 18.6 Å². The highest BCUT2D eigenvalue weighted by molar-refractivity contribution is 7.90. The van der Waals surface area contributed by atoms with Gasteiger partial charge in [-0.3, -0.25) is 10.1 Å². The fraction of sp³-hybridized carbons (Fsp3) is 0.643. The Balaban J connectivity index is 2.17. The normalized spacial score (nSPS) is 23.2. The summed E-state index contributed by atoms with van der Waals surface area (Å²) in [4.78, 5) is 15.2. The number of carbonyl (C=O) groups excluding carboxylic acids is 1. The lowest BCUT2D eigenvalue weighted by Gasteiger charge is -2.22. The molecular weight excluding hydrogens is 308 g/mol. The molecule has 21 heavy (non-hydrogen) atoms. The first-order chi connectivity index (χ1) is 9.78. The Morgan fingerprint density at radius 1 is 1.43 bits per heavy atom. The summed E-state index contributed by atoms with van der Waals surface area (Å²) in [6, 6.07) is 3.69. The van der Waals surface area contributed by atoms with Crippen molar-refractivity contribution in [2.24, 2.45) is 5.92 Å². The number of amides is 1. The first kappa shape index (κ1) is 16.5. The molecule has 5 nitrogen and oxygen atoms in total. The van der Waals surface area contributed by atoms with Crippen LogP contribution in [0, 0.1) is 5.92 Å². The lowest BCUT2D eigenvalue weighted by atomic mass is 10.0. The van der Waals surface area contributed by atoms with Gasteiger partial charge in [-0.05, 0) is 23.8 Å². The van der Waals surface area contributed by atoms with E-state index < -0.39 is 9.84 Å². The predicted molar refractivity (Wildman–Crippen MR) is 84.9 cm³/mol. The van der Waals surface area contributed by atoms with Crippen LogP contribution in [0.1, 0.15) is 31.3 Å². The smallest absolute Gasteiger partial charge is 0.241 e. The van der Waals surface area contributed by atoms with Crippen molar-refractivity contribution >= 4 is 27.1 Å². The summed E-state index contributed by atoms with van der Waals surface area (Å²) in [7, 11) is -3.09. The molecule has 2 rings (SSSR count). The number of sulfone groups is 1. The van der Waals surface area contributed by atoms with Crippen LogP contribution < -0.4 is 5.32 Å². The van der Waals surface area contributed by atoms with E-state index in [-0.39, 0.29) is 30.4 Å². The summed E-state index contributed by atoms with van der Waals surface area (Å²) in [5.74, 6) is 0.410.